The summed E-state index contributed by atoms with van der Waals surface area (Å²) in [4.78, 5) is 69.0. The lowest BCUT2D eigenvalue weighted by Gasteiger charge is -2.45. The smallest absolute Gasteiger partial charge is 0.437 e. The van der Waals surface area contributed by atoms with Crippen LogP contribution in [0.1, 0.15) is 82.3 Å². The molecule has 5 N–H and O–H groups in total. The second kappa shape index (κ2) is 20.7. The molecule has 0 bridgehead atoms. The number of hydrogen-bond acceptors (Lipinski definition) is 8. The highest BCUT2D eigenvalue weighted by Gasteiger charge is 2.54. The Bertz CT molecular complexity index is 1790. The molecular weight excluding hydrogens is 716 g/mol. The number of ether oxygens (including phenoxy) is 3. The number of β-lactam (4-membered cyclic amide) rings is 1. The third-order valence-corrected chi connectivity index (χ3v) is 10.1. The van der Waals surface area contributed by atoms with Crippen LogP contribution in [0.15, 0.2) is 96.0 Å². The average molecular weight is 769 g/mol. The minimum atomic E-state index is -1.18. The number of benzene rings is 3. The molecule has 1 aliphatic heterocycles. The molecule has 1 saturated heterocycles. The topological polar surface area (TPSA) is 191 Å². The van der Waals surface area contributed by atoms with Gasteiger partial charge >= 0.3 is 12.2 Å². The highest BCUT2D eigenvalue weighted by Crippen LogP contribution is 2.29. The first-order chi connectivity index (χ1) is 27.1. The molecule has 1 unspecified atom stereocenters. The van der Waals surface area contributed by atoms with Gasteiger partial charge in [0.25, 0.3) is 5.91 Å². The molecule has 1 heterocycles. The highest BCUT2D eigenvalue weighted by atomic mass is 16.6. The summed E-state index contributed by atoms with van der Waals surface area (Å²) in [7, 11) is 0. The van der Waals surface area contributed by atoms with Crippen LogP contribution in [0.5, 0.6) is 5.75 Å². The van der Waals surface area contributed by atoms with E-state index in [1.807, 2.05) is 66.7 Å². The zero-order chi connectivity index (χ0) is 39.8. The SMILES string of the molecule is C[C@@]1(NC(=O)CCC2CCCC[C@@H]2NC(=O)CCCCCN(C(=O)OCc2ccccc2)C(N)=NC(=O)OCc2ccccc2)C(=O)N[C@@H]1Oc1ccccc1. The number of amides is 5. The lowest BCUT2D eigenvalue weighted by Crippen LogP contribution is -2.79. The van der Waals surface area contributed by atoms with Gasteiger partial charge in [-0.15, -0.1) is 4.99 Å². The van der Waals surface area contributed by atoms with Gasteiger partial charge in [0.05, 0.1) is 0 Å². The Morgan fingerprint density at radius 3 is 2.11 bits per heavy atom. The number of para-hydroxylation sites is 1. The molecule has 3 aromatic carbocycles. The van der Waals surface area contributed by atoms with Gasteiger partial charge in [0, 0.05) is 25.4 Å². The summed E-state index contributed by atoms with van der Waals surface area (Å²) in [5.41, 5.74) is 6.50. The first-order valence-corrected chi connectivity index (χ1v) is 19.3. The first kappa shape index (κ1) is 41.2. The third-order valence-electron chi connectivity index (χ3n) is 10.1. The van der Waals surface area contributed by atoms with E-state index in [1.54, 1.807) is 31.2 Å². The maximum absolute atomic E-state index is 13.1. The molecule has 3 aromatic rings. The van der Waals surface area contributed by atoms with E-state index in [-0.39, 0.29) is 68.2 Å². The number of unbranched alkanes of at least 4 members (excludes halogenated alkanes) is 2. The Balaban J connectivity index is 1.05. The molecule has 4 atom stereocenters. The summed E-state index contributed by atoms with van der Waals surface area (Å²) in [5, 5.41) is 8.77. The van der Waals surface area contributed by atoms with Crippen LogP contribution in [0.3, 0.4) is 0 Å². The van der Waals surface area contributed by atoms with Gasteiger partial charge in [-0.25, -0.2) is 14.5 Å². The van der Waals surface area contributed by atoms with E-state index in [2.05, 4.69) is 20.9 Å². The number of aliphatic imine (C=N–C) groups is 1. The monoisotopic (exact) mass is 768 g/mol. The maximum Gasteiger partial charge on any atom is 0.437 e. The van der Waals surface area contributed by atoms with Gasteiger partial charge in [-0.2, -0.15) is 0 Å². The van der Waals surface area contributed by atoms with E-state index in [0.29, 0.717) is 31.4 Å². The van der Waals surface area contributed by atoms with Gasteiger partial charge in [0.2, 0.25) is 24.0 Å². The number of hydrogen-bond donors (Lipinski definition) is 4. The van der Waals surface area contributed by atoms with Gasteiger partial charge in [-0.3, -0.25) is 14.4 Å². The van der Waals surface area contributed by atoms with Gasteiger partial charge in [-0.05, 0) is 68.2 Å². The molecule has 2 aliphatic rings. The largest absolute Gasteiger partial charge is 0.468 e. The number of nitrogens with zero attached hydrogens (tertiary/aromatic N) is 2. The predicted octanol–water partition coefficient (Wildman–Crippen LogP) is 5.70. The minimum absolute atomic E-state index is 0.000729. The summed E-state index contributed by atoms with van der Waals surface area (Å²) in [5.74, 6) is -0.245. The maximum atomic E-state index is 13.1. The summed E-state index contributed by atoms with van der Waals surface area (Å²) in [6.07, 6.45) is 4.07. The summed E-state index contributed by atoms with van der Waals surface area (Å²) >= 11 is 0. The molecule has 14 heteroatoms. The molecule has 1 aliphatic carbocycles. The predicted molar refractivity (Wildman–Crippen MR) is 209 cm³/mol. The van der Waals surface area contributed by atoms with Crippen molar-refractivity contribution in [1.29, 1.82) is 0 Å². The van der Waals surface area contributed by atoms with Crippen LogP contribution in [-0.4, -0.2) is 65.1 Å². The van der Waals surface area contributed by atoms with Crippen LogP contribution in [-0.2, 0) is 37.1 Å². The molecule has 56 heavy (non-hydrogen) atoms. The van der Waals surface area contributed by atoms with E-state index in [4.69, 9.17) is 19.9 Å². The lowest BCUT2D eigenvalue weighted by atomic mass is 9.81. The van der Waals surface area contributed by atoms with Crippen molar-refractivity contribution < 1.29 is 38.2 Å². The Morgan fingerprint density at radius 2 is 1.45 bits per heavy atom. The fourth-order valence-electron chi connectivity index (χ4n) is 6.78. The van der Waals surface area contributed by atoms with E-state index >= 15 is 0 Å². The lowest BCUT2D eigenvalue weighted by molar-refractivity contribution is -0.153. The zero-order valence-corrected chi connectivity index (χ0v) is 31.8. The van der Waals surface area contributed by atoms with E-state index in [0.717, 1.165) is 41.7 Å². The molecule has 298 valence electrons. The van der Waals surface area contributed by atoms with Crippen LogP contribution in [0.25, 0.3) is 0 Å². The fraction of sp³-hybridized carbons (Fsp3) is 0.429. The van der Waals surface area contributed by atoms with Crippen molar-refractivity contribution in [3.63, 3.8) is 0 Å². The average Bonchev–Trinajstić information content (AvgIpc) is 3.21. The molecule has 1 saturated carbocycles. The van der Waals surface area contributed by atoms with Gasteiger partial charge in [0.15, 0.2) is 5.54 Å². The molecule has 0 aromatic heterocycles. The summed E-state index contributed by atoms with van der Waals surface area (Å²) < 4.78 is 16.6. The third kappa shape index (κ3) is 12.3. The van der Waals surface area contributed by atoms with Crippen LogP contribution in [0, 0.1) is 5.92 Å². The minimum Gasteiger partial charge on any atom is -0.468 e. The normalized spacial score (nSPS) is 20.4. The van der Waals surface area contributed by atoms with E-state index in [9.17, 15) is 24.0 Å². The van der Waals surface area contributed by atoms with Crippen molar-refractivity contribution in [2.45, 2.75) is 102 Å². The zero-order valence-electron chi connectivity index (χ0n) is 31.8. The Hall–Kier alpha value is -5.92. The number of nitrogens with one attached hydrogen (secondary N) is 3. The number of rotatable bonds is 17. The van der Waals surface area contributed by atoms with Crippen molar-refractivity contribution in [2.75, 3.05) is 6.54 Å². The van der Waals surface area contributed by atoms with Gasteiger partial charge in [0.1, 0.15) is 19.0 Å². The van der Waals surface area contributed by atoms with Crippen molar-refractivity contribution >= 4 is 35.9 Å². The van der Waals surface area contributed by atoms with Crippen LogP contribution < -0.4 is 26.4 Å². The van der Waals surface area contributed by atoms with Crippen molar-refractivity contribution in [2.24, 2.45) is 16.6 Å². The Labute approximate surface area is 327 Å². The quantitative estimate of drug-likeness (QED) is 0.0578. The summed E-state index contributed by atoms with van der Waals surface area (Å²) in [6, 6.07) is 27.3. The second-order valence-corrected chi connectivity index (χ2v) is 14.3. The second-order valence-electron chi connectivity index (χ2n) is 14.3. The molecule has 2 fully saturated rings. The number of carbonyl (C=O) groups excluding carboxylic acids is 5. The number of nitrogens with two attached hydrogens (primary N) is 1. The molecule has 5 amide bonds. The Kier molecular flexibility index (Phi) is 15.2. The van der Waals surface area contributed by atoms with Crippen LogP contribution in [0.2, 0.25) is 0 Å². The summed E-state index contributed by atoms with van der Waals surface area (Å²) in [6.45, 7) is 1.78. The first-order valence-electron chi connectivity index (χ1n) is 19.3. The fourth-order valence-corrected chi connectivity index (χ4v) is 6.78. The van der Waals surface area contributed by atoms with Crippen LogP contribution in [0.4, 0.5) is 9.59 Å². The number of guanidine groups is 1. The molecule has 14 nitrogen and oxygen atoms in total. The van der Waals surface area contributed by atoms with Crippen molar-refractivity contribution in [3.05, 3.63) is 102 Å². The van der Waals surface area contributed by atoms with Crippen LogP contribution >= 0.6 is 0 Å². The molecular formula is C42H52N6O8. The Morgan fingerprint density at radius 1 is 0.821 bits per heavy atom. The molecule has 0 radical (unpaired) electrons. The number of carbonyl (C=O) groups is 5. The highest BCUT2D eigenvalue weighted by molar-refractivity contribution is 5.98. The van der Waals surface area contributed by atoms with E-state index < -0.39 is 24.0 Å². The van der Waals surface area contributed by atoms with Gasteiger partial charge < -0.3 is 35.9 Å². The van der Waals surface area contributed by atoms with Crippen molar-refractivity contribution in [1.82, 2.24) is 20.9 Å². The van der Waals surface area contributed by atoms with Gasteiger partial charge in [-0.1, -0.05) is 98.1 Å². The van der Waals surface area contributed by atoms with Crippen molar-refractivity contribution in [3.8, 4) is 5.75 Å². The van der Waals surface area contributed by atoms with E-state index in [1.165, 1.54) is 0 Å². The molecule has 0 spiro atoms. The molecule has 5 rings (SSSR count). The standard InChI is InChI=1S/C42H52N6O8/c1-42(37(51)45-38(42)56-33-21-10-4-11-22-33)47-36(50)26-25-32-20-13-14-23-34(32)44-35(49)24-12-5-15-27-48(41(53)55-29-31-18-8-3-9-19-31)39(43)46-40(52)54-28-30-16-6-2-7-17-30/h2-4,6-11,16-19,21-22,32,34,38H,5,12-15,20,23-29H2,1H3,(H,44,49)(H,45,51)(H,47,50)(H2,43,46,52)/t32?,34-,38+,42+/m0/s1.